The summed E-state index contributed by atoms with van der Waals surface area (Å²) in [7, 11) is -3.83. The van der Waals surface area contributed by atoms with E-state index in [-0.39, 0.29) is 16.5 Å². The van der Waals surface area contributed by atoms with E-state index < -0.39 is 16.1 Å². The summed E-state index contributed by atoms with van der Waals surface area (Å²) in [5, 5.41) is 3.42. The first kappa shape index (κ1) is 22.3. The Bertz CT molecular complexity index is 911. The van der Waals surface area contributed by atoms with Crippen molar-refractivity contribution in [2.75, 3.05) is 11.3 Å². The molecule has 6 nitrogen and oxygen atoms in total. The van der Waals surface area contributed by atoms with Crippen LogP contribution in [0, 0.1) is 5.92 Å². The lowest BCUT2D eigenvalue weighted by Gasteiger charge is -2.16. The maximum absolute atomic E-state index is 12.5. The van der Waals surface area contributed by atoms with E-state index in [2.05, 4.69) is 10.0 Å². The number of carbonyl (C=O) groups is 1. The first-order chi connectivity index (χ1) is 13.1. The van der Waals surface area contributed by atoms with Crippen LogP contribution in [0.4, 0.5) is 5.69 Å². The Morgan fingerprint density at radius 2 is 1.61 bits per heavy atom. The number of nitrogens with one attached hydrogen (secondary N) is 2. The van der Waals surface area contributed by atoms with Crippen molar-refractivity contribution in [3.63, 3.8) is 0 Å². The molecule has 1 amide bonds. The summed E-state index contributed by atoms with van der Waals surface area (Å²) in [6, 6.07) is 10.2. The van der Waals surface area contributed by atoms with E-state index in [4.69, 9.17) is 27.9 Å². The van der Waals surface area contributed by atoms with Crippen molar-refractivity contribution in [3.8, 4) is 5.75 Å². The third-order valence-electron chi connectivity index (χ3n) is 3.62. The quantitative estimate of drug-likeness (QED) is 0.634. The topological polar surface area (TPSA) is 84.5 Å². The SMILES string of the molecule is CC(C)CNC(=O)[C@@H](C)Oc1ccc(S(=O)(=O)Nc2cc(Cl)cc(Cl)c2)cc1. The van der Waals surface area contributed by atoms with Crippen LogP contribution in [0.15, 0.2) is 47.4 Å². The average molecular weight is 445 g/mol. The van der Waals surface area contributed by atoms with Gasteiger partial charge in [-0.2, -0.15) is 0 Å². The Morgan fingerprint density at radius 3 is 2.14 bits per heavy atom. The Morgan fingerprint density at radius 1 is 1.04 bits per heavy atom. The molecule has 2 N–H and O–H groups in total. The van der Waals surface area contributed by atoms with Crippen molar-refractivity contribution in [1.82, 2.24) is 5.32 Å². The molecule has 2 rings (SSSR count). The molecular weight excluding hydrogens is 423 g/mol. The molecule has 0 spiro atoms. The molecule has 0 heterocycles. The lowest BCUT2D eigenvalue weighted by molar-refractivity contribution is -0.127. The van der Waals surface area contributed by atoms with Gasteiger partial charge >= 0.3 is 0 Å². The van der Waals surface area contributed by atoms with Gasteiger partial charge in [0.25, 0.3) is 15.9 Å². The van der Waals surface area contributed by atoms with Gasteiger partial charge in [0.1, 0.15) is 5.75 Å². The van der Waals surface area contributed by atoms with Crippen LogP contribution in [0.5, 0.6) is 5.75 Å². The number of amides is 1. The molecule has 0 aliphatic carbocycles. The summed E-state index contributed by atoms with van der Waals surface area (Å²) in [5.41, 5.74) is 0.258. The largest absolute Gasteiger partial charge is 0.481 e. The van der Waals surface area contributed by atoms with Crippen molar-refractivity contribution in [3.05, 3.63) is 52.5 Å². The number of sulfonamides is 1. The van der Waals surface area contributed by atoms with E-state index in [1.165, 1.54) is 42.5 Å². The van der Waals surface area contributed by atoms with Crippen LogP contribution in [0.1, 0.15) is 20.8 Å². The second-order valence-corrected chi connectivity index (χ2v) is 9.19. The van der Waals surface area contributed by atoms with E-state index >= 15 is 0 Å². The maximum Gasteiger partial charge on any atom is 0.261 e. The number of benzene rings is 2. The van der Waals surface area contributed by atoms with Crippen LogP contribution in [-0.2, 0) is 14.8 Å². The number of carbonyl (C=O) groups excluding carboxylic acids is 1. The second-order valence-electron chi connectivity index (χ2n) is 6.63. The van der Waals surface area contributed by atoms with Crippen LogP contribution in [0.25, 0.3) is 0 Å². The van der Waals surface area contributed by atoms with Crippen molar-refractivity contribution in [2.24, 2.45) is 5.92 Å². The van der Waals surface area contributed by atoms with E-state index in [0.29, 0.717) is 28.3 Å². The van der Waals surface area contributed by atoms with Gasteiger partial charge in [0.2, 0.25) is 0 Å². The summed E-state index contributed by atoms with van der Waals surface area (Å²) >= 11 is 11.8. The summed E-state index contributed by atoms with van der Waals surface area (Å²) < 4.78 is 33.0. The molecule has 9 heteroatoms. The third kappa shape index (κ3) is 6.58. The van der Waals surface area contributed by atoms with E-state index in [1.54, 1.807) is 6.92 Å². The van der Waals surface area contributed by atoms with Crippen LogP contribution in [-0.4, -0.2) is 27.0 Å². The first-order valence-electron chi connectivity index (χ1n) is 8.60. The Balaban J connectivity index is 2.05. The highest BCUT2D eigenvalue weighted by Crippen LogP contribution is 2.25. The summed E-state index contributed by atoms with van der Waals surface area (Å²) in [6.45, 7) is 6.18. The molecule has 152 valence electrons. The zero-order valence-electron chi connectivity index (χ0n) is 15.7. The predicted octanol–water partition coefficient (Wildman–Crippen LogP) is 4.33. The second kappa shape index (κ2) is 9.49. The summed E-state index contributed by atoms with van der Waals surface area (Å²) in [5.74, 6) is 0.490. The number of hydrogen-bond donors (Lipinski definition) is 2. The number of rotatable bonds is 8. The maximum atomic E-state index is 12.5. The highest BCUT2D eigenvalue weighted by atomic mass is 35.5. The lowest BCUT2D eigenvalue weighted by atomic mass is 10.2. The molecule has 0 aliphatic rings. The van der Waals surface area contributed by atoms with Gasteiger partial charge in [-0.1, -0.05) is 37.0 Å². The Hall–Kier alpha value is -1.96. The zero-order chi connectivity index (χ0) is 20.9. The highest BCUT2D eigenvalue weighted by Gasteiger charge is 2.17. The van der Waals surface area contributed by atoms with Crippen LogP contribution in [0.2, 0.25) is 10.0 Å². The molecular formula is C19H22Cl2N2O4S. The minimum absolute atomic E-state index is 0.0351. The predicted molar refractivity (Wildman–Crippen MR) is 112 cm³/mol. The average Bonchev–Trinajstić information content (AvgIpc) is 2.58. The third-order valence-corrected chi connectivity index (χ3v) is 5.45. The van der Waals surface area contributed by atoms with Crippen molar-refractivity contribution < 1.29 is 17.9 Å². The zero-order valence-corrected chi connectivity index (χ0v) is 18.0. The molecule has 2 aromatic rings. The summed E-state index contributed by atoms with van der Waals surface area (Å²) in [4.78, 5) is 12.0. The molecule has 0 saturated heterocycles. The van der Waals surface area contributed by atoms with Gasteiger partial charge < -0.3 is 10.1 Å². The molecule has 1 atom stereocenters. The highest BCUT2D eigenvalue weighted by molar-refractivity contribution is 7.92. The minimum Gasteiger partial charge on any atom is -0.481 e. The molecule has 0 fully saturated rings. The minimum atomic E-state index is -3.83. The van der Waals surface area contributed by atoms with Gasteiger partial charge in [0.05, 0.1) is 10.6 Å². The fourth-order valence-corrected chi connectivity index (χ4v) is 3.80. The van der Waals surface area contributed by atoms with Gasteiger partial charge in [0, 0.05) is 16.6 Å². The molecule has 28 heavy (non-hydrogen) atoms. The van der Waals surface area contributed by atoms with Gasteiger partial charge in [-0.15, -0.1) is 0 Å². The monoisotopic (exact) mass is 444 g/mol. The Kier molecular flexibility index (Phi) is 7.57. The van der Waals surface area contributed by atoms with Gasteiger partial charge in [-0.05, 0) is 55.3 Å². The molecule has 0 unspecified atom stereocenters. The van der Waals surface area contributed by atoms with Crippen molar-refractivity contribution in [2.45, 2.75) is 31.8 Å². The summed E-state index contributed by atoms with van der Waals surface area (Å²) in [6.07, 6.45) is -0.701. The standard InChI is InChI=1S/C19H22Cl2N2O4S/c1-12(2)11-22-19(24)13(3)27-17-4-6-18(7-5-17)28(25,26)23-16-9-14(20)8-15(21)10-16/h4-10,12-13,23H,11H2,1-3H3,(H,22,24)/t13-/m1/s1. The van der Waals surface area contributed by atoms with Crippen LogP contribution >= 0.6 is 23.2 Å². The van der Waals surface area contributed by atoms with Crippen molar-refractivity contribution >= 4 is 44.8 Å². The van der Waals surface area contributed by atoms with E-state index in [0.717, 1.165) is 0 Å². The van der Waals surface area contributed by atoms with Gasteiger partial charge in [-0.3, -0.25) is 9.52 Å². The molecule has 0 radical (unpaired) electrons. The molecule has 0 bridgehead atoms. The smallest absolute Gasteiger partial charge is 0.261 e. The first-order valence-corrected chi connectivity index (χ1v) is 10.8. The van der Waals surface area contributed by atoms with Crippen LogP contribution in [0.3, 0.4) is 0 Å². The molecule has 0 saturated carbocycles. The molecule has 0 aliphatic heterocycles. The van der Waals surface area contributed by atoms with E-state index in [9.17, 15) is 13.2 Å². The molecule has 2 aromatic carbocycles. The van der Waals surface area contributed by atoms with Gasteiger partial charge in [-0.25, -0.2) is 8.42 Å². The molecule has 0 aromatic heterocycles. The number of ether oxygens (including phenoxy) is 1. The number of hydrogen-bond acceptors (Lipinski definition) is 4. The normalized spacial score (nSPS) is 12.5. The van der Waals surface area contributed by atoms with Crippen LogP contribution < -0.4 is 14.8 Å². The number of anilines is 1. The van der Waals surface area contributed by atoms with Crippen molar-refractivity contribution in [1.29, 1.82) is 0 Å². The fourth-order valence-electron chi connectivity index (χ4n) is 2.23. The van der Waals surface area contributed by atoms with E-state index in [1.807, 2.05) is 13.8 Å². The number of halogens is 2. The fraction of sp³-hybridized carbons (Fsp3) is 0.316. The Labute approximate surface area is 175 Å². The van der Waals surface area contributed by atoms with Gasteiger partial charge in [0.15, 0.2) is 6.10 Å². The lowest BCUT2D eigenvalue weighted by Crippen LogP contribution is -2.38.